The van der Waals surface area contributed by atoms with Crippen molar-refractivity contribution in [3.05, 3.63) is 303 Å². The van der Waals surface area contributed by atoms with Crippen LogP contribution in [-0.4, -0.2) is 0 Å². The molecule has 2 nitrogen and oxygen atoms in total. The Labute approximate surface area is 433 Å². The molecule has 0 atom stereocenters. The van der Waals surface area contributed by atoms with E-state index in [1.165, 1.54) is 82.4 Å². The first kappa shape index (κ1) is 44.2. The van der Waals surface area contributed by atoms with Gasteiger partial charge in [-0.2, -0.15) is 0 Å². The van der Waals surface area contributed by atoms with Gasteiger partial charge < -0.3 is 9.80 Å². The van der Waals surface area contributed by atoms with E-state index in [4.69, 9.17) is 0 Å². The van der Waals surface area contributed by atoms with E-state index in [0.717, 1.165) is 39.7 Å². The monoisotopic (exact) mass is 942 g/mol. The highest BCUT2D eigenvalue weighted by Gasteiger charge is 2.22. The number of hydrogen-bond acceptors (Lipinski definition) is 2. The highest BCUT2D eigenvalue weighted by molar-refractivity contribution is 6.14. The third-order valence-electron chi connectivity index (χ3n) is 14.4. The third-order valence-corrected chi connectivity index (χ3v) is 14.4. The van der Waals surface area contributed by atoms with E-state index < -0.39 is 0 Å². The van der Waals surface area contributed by atoms with Crippen molar-refractivity contribution in [3.8, 4) is 55.6 Å². The quantitative estimate of drug-likeness (QED) is 0.119. The lowest BCUT2D eigenvalue weighted by molar-refractivity contribution is 1.25. The van der Waals surface area contributed by atoms with Gasteiger partial charge in [0.25, 0.3) is 0 Å². The molecule has 0 heterocycles. The van der Waals surface area contributed by atoms with Crippen LogP contribution in [-0.2, 0) is 0 Å². The van der Waals surface area contributed by atoms with Crippen LogP contribution in [0, 0.1) is 0 Å². The van der Waals surface area contributed by atoms with Crippen LogP contribution in [0.4, 0.5) is 34.1 Å². The topological polar surface area (TPSA) is 6.48 Å². The predicted octanol–water partition coefficient (Wildman–Crippen LogP) is 20.4. The average molecular weight is 943 g/mol. The molecule has 0 aromatic heterocycles. The molecule has 0 aliphatic rings. The molecule has 0 radical (unpaired) electrons. The first-order chi connectivity index (χ1) is 36.7. The Kier molecular flexibility index (Phi) is 11.6. The van der Waals surface area contributed by atoms with E-state index in [-0.39, 0.29) is 0 Å². The Morgan fingerprint density at radius 2 is 0.514 bits per heavy atom. The first-order valence-electron chi connectivity index (χ1n) is 25.4. The second-order valence-corrected chi connectivity index (χ2v) is 18.9. The molecule has 0 unspecified atom stereocenters. The van der Waals surface area contributed by atoms with E-state index in [0.29, 0.717) is 0 Å². The van der Waals surface area contributed by atoms with Crippen LogP contribution in [0.3, 0.4) is 0 Å². The van der Waals surface area contributed by atoms with Crippen molar-refractivity contribution in [1.82, 2.24) is 0 Å². The van der Waals surface area contributed by atoms with Crippen LogP contribution >= 0.6 is 0 Å². The summed E-state index contributed by atoms with van der Waals surface area (Å²) in [6.07, 6.45) is 0. The number of hydrogen-bond donors (Lipinski definition) is 0. The van der Waals surface area contributed by atoms with E-state index >= 15 is 0 Å². The van der Waals surface area contributed by atoms with E-state index in [2.05, 4.69) is 313 Å². The fraction of sp³-hybridized carbons (Fsp3) is 0. The van der Waals surface area contributed by atoms with E-state index in [1.807, 2.05) is 0 Å². The van der Waals surface area contributed by atoms with Crippen molar-refractivity contribution in [2.75, 3.05) is 9.80 Å². The number of nitrogens with zero attached hydrogens (tertiary/aromatic N) is 2. The molecule has 0 amide bonds. The highest BCUT2D eigenvalue weighted by Crippen LogP contribution is 2.46. The third kappa shape index (κ3) is 8.55. The van der Waals surface area contributed by atoms with Gasteiger partial charge in [0, 0.05) is 34.1 Å². The minimum atomic E-state index is 1.03. The fourth-order valence-corrected chi connectivity index (χ4v) is 10.8. The van der Waals surface area contributed by atoms with Gasteiger partial charge in [0.2, 0.25) is 0 Å². The van der Waals surface area contributed by atoms with Crippen LogP contribution in [0.15, 0.2) is 303 Å². The SMILES string of the molecule is c1ccc(-c2ccc(N(c3ccc(-c4ccccc4)cc3)c3cc(-c4cc5ccccc5c5ccccc45)cc(N(c4ccc(-c5ccccc5)cc4)c4ccc(-c5cccc6ccccc56)cc4)c3)cc2)cc1. The summed E-state index contributed by atoms with van der Waals surface area (Å²) in [5, 5.41) is 7.36. The molecule has 0 aliphatic carbocycles. The van der Waals surface area contributed by atoms with Gasteiger partial charge in [0.05, 0.1) is 0 Å². The molecule has 0 spiro atoms. The number of benzene rings is 13. The first-order valence-corrected chi connectivity index (χ1v) is 25.4. The molecular weight excluding hydrogens is 893 g/mol. The lowest BCUT2D eigenvalue weighted by atomic mass is 9.92. The Morgan fingerprint density at radius 1 is 0.162 bits per heavy atom. The Balaban J connectivity index is 1.05. The molecule has 2 heteroatoms. The van der Waals surface area contributed by atoms with Gasteiger partial charge in [-0.1, -0.05) is 231 Å². The highest BCUT2D eigenvalue weighted by atomic mass is 15.2. The molecule has 0 aliphatic heterocycles. The molecule has 0 bridgehead atoms. The summed E-state index contributed by atoms with van der Waals surface area (Å²) < 4.78 is 0. The summed E-state index contributed by atoms with van der Waals surface area (Å²) in [4.78, 5) is 4.84. The van der Waals surface area contributed by atoms with Crippen LogP contribution in [0.2, 0.25) is 0 Å². The standard InChI is InChI=1S/C72H50N2/c1-4-17-51(18-5-1)54-31-39-61(40-32-54)73(62-41-33-55(34-42-62)52-19-6-2-7-20-52)65-47-60(72-49-59-24-11-13-27-69(59)70-28-14-15-29-71(70)72)48-66(50-65)74(63-43-35-56(36-44-63)53-21-8-3-9-22-53)64-45-37-58(38-46-64)68-30-16-25-57-23-10-12-26-67(57)68/h1-50H. The predicted molar refractivity (Wildman–Crippen MR) is 316 cm³/mol. The lowest BCUT2D eigenvalue weighted by Crippen LogP contribution is -2.14. The molecule has 0 fully saturated rings. The normalized spacial score (nSPS) is 11.2. The molecule has 0 N–H and O–H groups in total. The van der Waals surface area contributed by atoms with Gasteiger partial charge in [-0.25, -0.2) is 0 Å². The molecular formula is C72H50N2. The smallest absolute Gasteiger partial charge is 0.0488 e. The van der Waals surface area contributed by atoms with Gasteiger partial charge in [-0.15, -0.1) is 0 Å². The molecule has 348 valence electrons. The summed E-state index contributed by atoms with van der Waals surface area (Å²) >= 11 is 0. The van der Waals surface area contributed by atoms with Crippen LogP contribution in [0.5, 0.6) is 0 Å². The molecule has 0 saturated heterocycles. The molecule has 74 heavy (non-hydrogen) atoms. The summed E-state index contributed by atoms with van der Waals surface area (Å²) in [5.74, 6) is 0. The maximum absolute atomic E-state index is 2.42. The average Bonchev–Trinajstić information content (AvgIpc) is 3.49. The number of anilines is 6. The minimum absolute atomic E-state index is 1.03. The van der Waals surface area contributed by atoms with Crippen molar-refractivity contribution in [1.29, 1.82) is 0 Å². The van der Waals surface area contributed by atoms with Crippen molar-refractivity contribution < 1.29 is 0 Å². The maximum atomic E-state index is 2.42. The van der Waals surface area contributed by atoms with Gasteiger partial charge in [0.15, 0.2) is 0 Å². The number of fused-ring (bicyclic) bond motifs is 4. The van der Waals surface area contributed by atoms with Gasteiger partial charge in [-0.05, 0) is 161 Å². The largest absolute Gasteiger partial charge is 0.310 e. The van der Waals surface area contributed by atoms with Crippen LogP contribution < -0.4 is 9.80 Å². The lowest BCUT2D eigenvalue weighted by Gasteiger charge is -2.31. The Hall–Kier alpha value is -9.76. The van der Waals surface area contributed by atoms with E-state index in [9.17, 15) is 0 Å². The molecule has 13 aromatic carbocycles. The summed E-state index contributed by atoms with van der Waals surface area (Å²) in [7, 11) is 0. The maximum Gasteiger partial charge on any atom is 0.0488 e. The summed E-state index contributed by atoms with van der Waals surface area (Å²) in [6.45, 7) is 0. The Morgan fingerprint density at radius 3 is 0.986 bits per heavy atom. The molecule has 13 rings (SSSR count). The summed E-state index contributed by atoms with van der Waals surface area (Å²) in [6, 6.07) is 110. The Bertz CT molecular complexity index is 3990. The number of rotatable bonds is 11. The fourth-order valence-electron chi connectivity index (χ4n) is 10.8. The second kappa shape index (κ2) is 19.4. The van der Waals surface area contributed by atoms with Crippen molar-refractivity contribution in [2.45, 2.75) is 0 Å². The van der Waals surface area contributed by atoms with Crippen molar-refractivity contribution in [3.63, 3.8) is 0 Å². The zero-order valence-electron chi connectivity index (χ0n) is 40.8. The van der Waals surface area contributed by atoms with Crippen molar-refractivity contribution >= 4 is 66.4 Å². The van der Waals surface area contributed by atoms with Gasteiger partial charge >= 0.3 is 0 Å². The van der Waals surface area contributed by atoms with Crippen LogP contribution in [0.25, 0.3) is 88.0 Å². The zero-order chi connectivity index (χ0) is 49.2. The van der Waals surface area contributed by atoms with Crippen LogP contribution in [0.1, 0.15) is 0 Å². The molecule has 13 aromatic rings. The second-order valence-electron chi connectivity index (χ2n) is 18.9. The van der Waals surface area contributed by atoms with E-state index in [1.54, 1.807) is 0 Å². The minimum Gasteiger partial charge on any atom is -0.310 e. The molecule has 0 saturated carbocycles. The van der Waals surface area contributed by atoms with Gasteiger partial charge in [0.1, 0.15) is 0 Å². The zero-order valence-corrected chi connectivity index (χ0v) is 40.8. The van der Waals surface area contributed by atoms with Crippen molar-refractivity contribution in [2.24, 2.45) is 0 Å². The van der Waals surface area contributed by atoms with Gasteiger partial charge in [-0.3, -0.25) is 0 Å². The summed E-state index contributed by atoms with van der Waals surface area (Å²) in [5.41, 5.74) is 18.0.